The molecule has 31 nitrogen and oxygen atoms in total. The Labute approximate surface area is 404 Å². The highest BCUT2D eigenvalue weighted by Gasteiger charge is 2.10. The lowest BCUT2D eigenvalue weighted by Gasteiger charge is -2.04. The maximum atomic E-state index is 10.8. The Morgan fingerprint density at radius 2 is 0.676 bits per heavy atom. The van der Waals surface area contributed by atoms with Crippen LogP contribution in [0.25, 0.3) is 0 Å². The van der Waals surface area contributed by atoms with E-state index in [0.29, 0.717) is 12.3 Å². The normalized spacial score (nSPS) is 15.9. The number of nitrogens with one attached hydrogen (secondary N) is 4. The van der Waals surface area contributed by atoms with Crippen LogP contribution in [0.15, 0.2) is 56.2 Å². The summed E-state index contributed by atoms with van der Waals surface area (Å²) in [5.74, 6) is 0. The van der Waals surface area contributed by atoms with Gasteiger partial charge in [0.2, 0.25) is 0 Å². The molecule has 3 rings (SSSR count). The van der Waals surface area contributed by atoms with Crippen LogP contribution in [0.3, 0.4) is 0 Å². The van der Waals surface area contributed by atoms with E-state index in [0.717, 1.165) is 6.66 Å². The van der Waals surface area contributed by atoms with Gasteiger partial charge in [-0.1, -0.05) is 13.8 Å². The second kappa shape index (κ2) is 55.1. The van der Waals surface area contributed by atoms with Gasteiger partial charge < -0.3 is 82.3 Å². The predicted molar refractivity (Wildman–Crippen MR) is 279 cm³/mol. The molecule has 0 aromatic carbocycles. The number of imidazole rings is 3. The van der Waals surface area contributed by atoms with Gasteiger partial charge >= 0.3 is 0 Å². The van der Waals surface area contributed by atoms with Crippen LogP contribution < -0.4 is 48.8 Å². The van der Waals surface area contributed by atoms with Crippen LogP contribution in [0.2, 0.25) is 0 Å². The van der Waals surface area contributed by atoms with Crippen molar-refractivity contribution in [1.29, 1.82) is 0 Å². The van der Waals surface area contributed by atoms with E-state index in [9.17, 15) is 41.4 Å². The van der Waals surface area contributed by atoms with Crippen molar-refractivity contribution in [2.24, 2.45) is 28.7 Å². The zero-order valence-corrected chi connectivity index (χ0v) is 49.7. The molecule has 0 saturated heterocycles. The first-order valence-corrected chi connectivity index (χ1v) is 35.5. The minimum atomic E-state index is -3.89. The van der Waals surface area contributed by atoms with E-state index in [1.807, 2.05) is 0 Å². The smallest absolute Gasteiger partial charge is 0.295 e. The molecule has 3 aromatic heterocycles. The van der Waals surface area contributed by atoms with Crippen LogP contribution in [-0.4, -0.2) is 190 Å². The lowest BCUT2D eigenvalue weighted by atomic mass is 11.0. The topological polar surface area (TPSA) is 552 Å². The number of nitrogens with two attached hydrogens (primary N) is 5. The first-order valence-electron chi connectivity index (χ1n) is 18.5. The average molecular weight is 1150 g/mol. The second-order valence-corrected chi connectivity index (χ2v) is 29.1. The van der Waals surface area contributed by atoms with E-state index in [1.54, 1.807) is 32.6 Å². The third kappa shape index (κ3) is 131. The van der Waals surface area contributed by atoms with Crippen LogP contribution in [-0.2, 0) is 36.5 Å². The van der Waals surface area contributed by atoms with Gasteiger partial charge in [-0.05, 0) is 56.4 Å². The van der Waals surface area contributed by atoms with Crippen molar-refractivity contribution in [3.05, 3.63) is 56.2 Å². The molecule has 0 saturated carbocycles. The van der Waals surface area contributed by atoms with Crippen molar-refractivity contribution < 1.29 is 80.6 Å². The summed E-state index contributed by atoms with van der Waals surface area (Å²) in [5.41, 5.74) is 22.5. The molecule has 0 bridgehead atoms. The number of aromatic amines is 1. The van der Waals surface area contributed by atoms with Crippen molar-refractivity contribution in [2.45, 2.75) is 13.8 Å². The number of rotatable bonds is 7. The van der Waals surface area contributed by atoms with Crippen molar-refractivity contribution in [3.8, 4) is 0 Å². The average Bonchev–Trinajstić information content (AvgIpc) is 4.07. The quantitative estimate of drug-likeness (QED) is 0.143. The van der Waals surface area contributed by atoms with Gasteiger partial charge in [0.05, 0.1) is 6.33 Å². The summed E-state index contributed by atoms with van der Waals surface area (Å²) in [5, 5.41) is 6.65. The highest BCUT2D eigenvalue weighted by atomic mass is 31.2. The lowest BCUT2D eigenvalue weighted by Crippen LogP contribution is -1.98. The van der Waals surface area contributed by atoms with Crippen LogP contribution in [0.4, 0.5) is 0 Å². The molecule has 68 heavy (non-hydrogen) atoms. The molecular weight excluding hydrogens is 1060 g/mol. The van der Waals surface area contributed by atoms with E-state index in [-0.39, 0.29) is 0 Å². The molecule has 3 aromatic rings. The Morgan fingerprint density at radius 1 is 0.485 bits per heavy atom. The first kappa shape index (κ1) is 92.9. The lowest BCUT2D eigenvalue weighted by molar-refractivity contribution is -0.191. The molecule has 418 valence electrons. The molecule has 39 heteroatoms. The summed E-state index contributed by atoms with van der Waals surface area (Å²) >= 11 is 0. The van der Waals surface area contributed by atoms with Crippen LogP contribution in [0.5, 0.6) is 0 Å². The third-order valence-electron chi connectivity index (χ3n) is 4.66. The summed E-state index contributed by atoms with van der Waals surface area (Å²) in [6.45, 7) is 13.1. The molecule has 22 N–H and O–H groups in total. The summed E-state index contributed by atoms with van der Waals surface area (Å²) < 4.78 is 83.5. The van der Waals surface area contributed by atoms with Crippen molar-refractivity contribution in [1.82, 2.24) is 43.9 Å². The van der Waals surface area contributed by atoms with Crippen molar-refractivity contribution >= 4 is 59.9 Å². The van der Waals surface area contributed by atoms with Crippen LogP contribution in [0, 0.1) is 0 Å². The SMILES string of the molecule is CCP(C)(=O)O.CCP(C)(=O)O.CN.CN.CN.CN.CN.CNP(C)(=O)O.CNP(C)(=O)O.CNP(C)(=O)O.CP(=O)(O)n1ccnc1.CP(=O)(O)n1ccnc1.CP(=O)([O-])O.c1c[nH]cn1. The molecule has 0 spiro atoms. The number of H-pyrrole nitrogens is 1. The fourth-order valence-corrected chi connectivity index (χ4v) is 2.27. The third-order valence-corrected chi connectivity index (χ3v) is 11.7. The van der Waals surface area contributed by atoms with E-state index < -0.39 is 59.9 Å². The highest BCUT2D eigenvalue weighted by molar-refractivity contribution is 7.57. The van der Waals surface area contributed by atoms with E-state index >= 15 is 0 Å². The van der Waals surface area contributed by atoms with Gasteiger partial charge in [-0.15, -0.1) is 0 Å². The van der Waals surface area contributed by atoms with Gasteiger partial charge in [-0.25, -0.2) is 30.2 Å². The largest absolute Gasteiger partial charge is 0.779 e. The minimum Gasteiger partial charge on any atom is -0.779 e. The van der Waals surface area contributed by atoms with Gasteiger partial charge in [0.1, 0.15) is 20.3 Å². The van der Waals surface area contributed by atoms with E-state index in [4.69, 9.17) is 39.1 Å². The zero-order valence-electron chi connectivity index (χ0n) is 42.6. The molecule has 0 aliphatic rings. The molecule has 0 aliphatic heterocycles. The summed E-state index contributed by atoms with van der Waals surface area (Å²) in [7, 11) is -12.3. The summed E-state index contributed by atoms with van der Waals surface area (Å²) in [6, 6.07) is 0. The zero-order chi connectivity index (χ0) is 57.9. The standard InChI is InChI=1S/2C4H7N2O2P.C3H4N2.2C3H9O2P.3C2H8NO2P.5CH5N.CH5O3P/c2*1-9(7,8)6-3-2-5-4-6;1-2-5-3-4-1;5*1-3-6(2,4)5;5*1-2;1-5(2,3)4/h2*2-4H,1H3,(H,7,8);1-3H,(H,4,5);2*3H2,1-2H3,(H,4,5);3*1-2H3,(H2,3,4,5);5*2H2,1H3;1H3,(H2,2,3,4)/p-1. The van der Waals surface area contributed by atoms with Gasteiger partial charge in [-0.2, -0.15) is 0 Å². The molecule has 8 unspecified atom stereocenters. The van der Waals surface area contributed by atoms with Crippen LogP contribution in [0.1, 0.15) is 13.8 Å². The van der Waals surface area contributed by atoms with Crippen molar-refractivity contribution in [2.75, 3.05) is 122 Å². The number of hydrogen-bond donors (Lipinski definition) is 17. The molecule has 0 fully saturated rings. The molecule has 3 heterocycles. The molecule has 0 aliphatic carbocycles. The summed E-state index contributed by atoms with van der Waals surface area (Å²) in [6.07, 6.45) is 14.3. The first-order chi connectivity index (χ1) is 30.5. The minimum absolute atomic E-state index is 0.382. The fraction of sp³-hybridized carbons (Fsp3) is 0.690. The monoisotopic (exact) mass is 1150 g/mol. The molecule has 0 radical (unpaired) electrons. The van der Waals surface area contributed by atoms with Gasteiger partial charge in [0.25, 0.3) is 37.6 Å². The Balaban J connectivity index is -0.0000000587. The van der Waals surface area contributed by atoms with Crippen molar-refractivity contribution in [3.63, 3.8) is 0 Å². The number of nitrogens with zero attached hydrogens (tertiary/aromatic N) is 5. The highest BCUT2D eigenvalue weighted by Crippen LogP contribution is 2.37. The van der Waals surface area contributed by atoms with E-state index in [1.165, 1.54) is 149 Å². The molecular formula is C29H89N14O17P8-. The van der Waals surface area contributed by atoms with Crippen LogP contribution >= 0.6 is 59.9 Å². The molecule has 8 atom stereocenters. The number of aromatic nitrogens is 6. The Hall–Kier alpha value is -1.21. The Bertz CT molecular complexity index is 1580. The maximum Gasteiger partial charge on any atom is 0.295 e. The number of hydrogen-bond acceptors (Lipinski definition) is 17. The Morgan fingerprint density at radius 3 is 0.721 bits per heavy atom. The second-order valence-electron chi connectivity index (χ2n) is 11.2. The Kier molecular flexibility index (Phi) is 75.3. The maximum absolute atomic E-state index is 10.8. The van der Waals surface area contributed by atoms with Gasteiger partial charge in [-0.3, -0.25) is 40.6 Å². The van der Waals surface area contributed by atoms with Gasteiger partial charge in [0, 0.05) is 103 Å². The molecule has 0 amide bonds. The predicted octanol–water partition coefficient (Wildman–Crippen LogP) is 0.415. The van der Waals surface area contributed by atoms with Gasteiger partial charge in [0.15, 0.2) is 14.7 Å². The summed E-state index contributed by atoms with van der Waals surface area (Å²) in [4.78, 5) is 89.7. The van der Waals surface area contributed by atoms with E-state index in [2.05, 4.69) is 63.9 Å². The fourth-order valence-electron chi connectivity index (χ4n) is 1.16.